The van der Waals surface area contributed by atoms with Crippen molar-refractivity contribution in [2.75, 3.05) is 47.6 Å². The molecule has 152 valence electrons. The number of aliphatic hydroxyl groups is 1. The third-order valence-electron chi connectivity index (χ3n) is 6.07. The van der Waals surface area contributed by atoms with E-state index in [0.717, 1.165) is 55.4 Å². The molecule has 0 aromatic heterocycles. The lowest BCUT2D eigenvalue weighted by molar-refractivity contribution is 0.0262. The molecule has 0 spiro atoms. The number of nitrogens with zero attached hydrogens (tertiary/aromatic N) is 2. The number of benzene rings is 1. The average Bonchev–Trinajstić information content (AvgIpc) is 3.23. The second kappa shape index (κ2) is 9.62. The van der Waals surface area contributed by atoms with E-state index in [-0.39, 0.29) is 6.61 Å². The summed E-state index contributed by atoms with van der Waals surface area (Å²) in [6.45, 7) is 4.08. The summed E-state index contributed by atoms with van der Waals surface area (Å²) < 4.78 is 16.6. The molecule has 1 atom stereocenters. The van der Waals surface area contributed by atoms with E-state index in [1.807, 2.05) is 12.1 Å². The first-order valence-corrected chi connectivity index (χ1v) is 10.1. The van der Waals surface area contributed by atoms with E-state index in [0.29, 0.717) is 12.1 Å². The summed E-state index contributed by atoms with van der Waals surface area (Å²) >= 11 is 0. The van der Waals surface area contributed by atoms with Gasteiger partial charge < -0.3 is 19.3 Å². The van der Waals surface area contributed by atoms with Gasteiger partial charge in [0, 0.05) is 57.0 Å². The fourth-order valence-electron chi connectivity index (χ4n) is 4.66. The maximum Gasteiger partial charge on any atom is 0.130 e. The average molecular weight is 379 g/mol. The van der Waals surface area contributed by atoms with Crippen LogP contribution in [0.5, 0.6) is 17.2 Å². The lowest BCUT2D eigenvalue weighted by atomic mass is 10.0. The number of hydrogen-bond acceptors (Lipinski definition) is 6. The summed E-state index contributed by atoms with van der Waals surface area (Å²) in [5, 5.41) is 9.58. The largest absolute Gasteiger partial charge is 0.496 e. The Bertz CT molecular complexity index is 579. The molecule has 1 unspecified atom stereocenters. The number of aliphatic hydroxyl groups excluding tert-OH is 1. The van der Waals surface area contributed by atoms with Crippen molar-refractivity contribution < 1.29 is 19.3 Å². The SMILES string of the molecule is COc1cc(OC)c(CN2CCN(C3CCCC3)C(CCO)C2)c(OC)c1. The van der Waals surface area contributed by atoms with Crippen molar-refractivity contribution in [1.82, 2.24) is 9.80 Å². The summed E-state index contributed by atoms with van der Waals surface area (Å²) in [5.74, 6) is 2.32. The molecule has 1 saturated heterocycles. The van der Waals surface area contributed by atoms with Gasteiger partial charge in [0.25, 0.3) is 0 Å². The van der Waals surface area contributed by atoms with Crippen molar-refractivity contribution >= 4 is 0 Å². The Morgan fingerprint density at radius 2 is 1.67 bits per heavy atom. The van der Waals surface area contributed by atoms with Crippen molar-refractivity contribution in [3.63, 3.8) is 0 Å². The topological polar surface area (TPSA) is 54.4 Å². The van der Waals surface area contributed by atoms with Gasteiger partial charge in [-0.2, -0.15) is 0 Å². The predicted octanol–water partition coefficient (Wildman–Crippen LogP) is 2.52. The summed E-state index contributed by atoms with van der Waals surface area (Å²) in [6, 6.07) is 4.95. The molecule has 1 saturated carbocycles. The van der Waals surface area contributed by atoms with Gasteiger partial charge in [0.05, 0.1) is 26.9 Å². The van der Waals surface area contributed by atoms with E-state index in [2.05, 4.69) is 9.80 Å². The van der Waals surface area contributed by atoms with Crippen LogP contribution < -0.4 is 14.2 Å². The minimum atomic E-state index is 0.247. The first-order valence-electron chi connectivity index (χ1n) is 10.1. The first-order chi connectivity index (χ1) is 13.2. The molecule has 1 aliphatic carbocycles. The van der Waals surface area contributed by atoms with E-state index < -0.39 is 0 Å². The van der Waals surface area contributed by atoms with Crippen molar-refractivity contribution in [2.24, 2.45) is 0 Å². The van der Waals surface area contributed by atoms with Gasteiger partial charge in [-0.05, 0) is 19.3 Å². The minimum Gasteiger partial charge on any atom is -0.496 e. The van der Waals surface area contributed by atoms with Crippen LogP contribution in [0.1, 0.15) is 37.7 Å². The predicted molar refractivity (Wildman–Crippen MR) is 106 cm³/mol. The summed E-state index contributed by atoms with van der Waals surface area (Å²) in [6.07, 6.45) is 6.14. The van der Waals surface area contributed by atoms with E-state index >= 15 is 0 Å². The summed E-state index contributed by atoms with van der Waals surface area (Å²) in [7, 11) is 5.02. The molecule has 1 aromatic carbocycles. The second-order valence-corrected chi connectivity index (χ2v) is 7.59. The van der Waals surface area contributed by atoms with Crippen LogP contribution in [0.2, 0.25) is 0 Å². The third kappa shape index (κ3) is 4.68. The van der Waals surface area contributed by atoms with Crippen LogP contribution in [-0.4, -0.2) is 74.6 Å². The lowest BCUT2D eigenvalue weighted by Crippen LogP contribution is -2.56. The van der Waals surface area contributed by atoms with Gasteiger partial charge in [-0.15, -0.1) is 0 Å². The van der Waals surface area contributed by atoms with Gasteiger partial charge in [0.1, 0.15) is 17.2 Å². The molecule has 3 rings (SSSR count). The molecular formula is C21H34N2O4. The Hall–Kier alpha value is -1.50. The number of methoxy groups -OCH3 is 3. The van der Waals surface area contributed by atoms with E-state index in [1.165, 1.54) is 25.7 Å². The van der Waals surface area contributed by atoms with Gasteiger partial charge in [-0.3, -0.25) is 9.80 Å². The maximum absolute atomic E-state index is 9.58. The molecule has 1 heterocycles. The van der Waals surface area contributed by atoms with Crippen molar-refractivity contribution in [3.8, 4) is 17.2 Å². The van der Waals surface area contributed by atoms with E-state index in [4.69, 9.17) is 14.2 Å². The van der Waals surface area contributed by atoms with Crippen LogP contribution in [0.25, 0.3) is 0 Å². The zero-order chi connectivity index (χ0) is 19.2. The molecule has 0 amide bonds. The Kier molecular flexibility index (Phi) is 7.21. The van der Waals surface area contributed by atoms with Crippen molar-refractivity contribution in [1.29, 1.82) is 0 Å². The number of rotatable bonds is 8. The molecule has 6 heteroatoms. The molecule has 1 N–H and O–H groups in total. The highest BCUT2D eigenvalue weighted by atomic mass is 16.5. The maximum atomic E-state index is 9.58. The molecule has 2 aliphatic rings. The first kappa shape index (κ1) is 20.2. The summed E-state index contributed by atoms with van der Waals surface area (Å²) in [5.41, 5.74) is 1.05. The van der Waals surface area contributed by atoms with Gasteiger partial charge in [-0.25, -0.2) is 0 Å². The number of hydrogen-bond donors (Lipinski definition) is 1. The zero-order valence-electron chi connectivity index (χ0n) is 16.9. The molecule has 0 radical (unpaired) electrons. The number of piperazine rings is 1. The second-order valence-electron chi connectivity index (χ2n) is 7.59. The van der Waals surface area contributed by atoms with Crippen LogP contribution in [0.15, 0.2) is 12.1 Å². The Morgan fingerprint density at radius 3 is 2.22 bits per heavy atom. The normalized spacial score (nSPS) is 22.1. The molecule has 27 heavy (non-hydrogen) atoms. The smallest absolute Gasteiger partial charge is 0.130 e. The molecule has 1 aliphatic heterocycles. The highest BCUT2D eigenvalue weighted by Crippen LogP contribution is 2.36. The van der Waals surface area contributed by atoms with Crippen LogP contribution in [-0.2, 0) is 6.54 Å². The van der Waals surface area contributed by atoms with Crippen LogP contribution in [0.4, 0.5) is 0 Å². The third-order valence-corrected chi connectivity index (χ3v) is 6.07. The van der Waals surface area contributed by atoms with Crippen LogP contribution >= 0.6 is 0 Å². The van der Waals surface area contributed by atoms with Gasteiger partial charge in [0.2, 0.25) is 0 Å². The monoisotopic (exact) mass is 378 g/mol. The molecule has 1 aromatic rings. The fourth-order valence-corrected chi connectivity index (χ4v) is 4.66. The summed E-state index contributed by atoms with van der Waals surface area (Å²) in [4.78, 5) is 5.11. The standard InChI is InChI=1S/C21H34N2O4/c1-25-18-12-20(26-2)19(21(13-18)27-3)15-22-9-10-23(16-6-4-5-7-16)17(14-22)8-11-24/h12-13,16-17,24H,4-11,14-15H2,1-3H3. The lowest BCUT2D eigenvalue weighted by Gasteiger charge is -2.44. The van der Waals surface area contributed by atoms with Crippen LogP contribution in [0, 0.1) is 0 Å². The quantitative estimate of drug-likeness (QED) is 0.750. The Labute approximate surface area is 163 Å². The molecule has 0 bridgehead atoms. The molecule has 2 fully saturated rings. The van der Waals surface area contributed by atoms with Crippen molar-refractivity contribution in [3.05, 3.63) is 17.7 Å². The van der Waals surface area contributed by atoms with Crippen LogP contribution in [0.3, 0.4) is 0 Å². The minimum absolute atomic E-state index is 0.247. The zero-order valence-corrected chi connectivity index (χ0v) is 16.9. The number of ether oxygens (including phenoxy) is 3. The molecule has 6 nitrogen and oxygen atoms in total. The van der Waals surface area contributed by atoms with Gasteiger partial charge >= 0.3 is 0 Å². The molecular weight excluding hydrogens is 344 g/mol. The highest BCUT2D eigenvalue weighted by molar-refractivity contribution is 5.50. The van der Waals surface area contributed by atoms with Gasteiger partial charge in [-0.1, -0.05) is 12.8 Å². The van der Waals surface area contributed by atoms with Gasteiger partial charge in [0.15, 0.2) is 0 Å². The fraction of sp³-hybridized carbons (Fsp3) is 0.714. The highest BCUT2D eigenvalue weighted by Gasteiger charge is 2.33. The Morgan fingerprint density at radius 1 is 1.00 bits per heavy atom. The van der Waals surface area contributed by atoms with E-state index in [1.54, 1.807) is 21.3 Å². The van der Waals surface area contributed by atoms with Crippen molar-refractivity contribution in [2.45, 2.75) is 50.7 Å². The Balaban J connectivity index is 1.74. The van der Waals surface area contributed by atoms with E-state index in [9.17, 15) is 5.11 Å².